The maximum atomic E-state index is 13.2. The van der Waals surface area contributed by atoms with Crippen LogP contribution in [-0.2, 0) is 4.79 Å². The Morgan fingerprint density at radius 2 is 1.88 bits per heavy atom. The van der Waals surface area contributed by atoms with E-state index >= 15 is 0 Å². The standard InChI is InChI=1S/C9H3Cl3F2O2/c10-4-2-5(11)8(14)7(12)3(4)1-6(13)9(15)16/h1-2H,(H,15,16). The summed E-state index contributed by atoms with van der Waals surface area (Å²) in [6.45, 7) is 0. The van der Waals surface area contributed by atoms with Crippen LogP contribution in [-0.4, -0.2) is 11.1 Å². The van der Waals surface area contributed by atoms with Gasteiger partial charge in [-0.3, -0.25) is 0 Å². The van der Waals surface area contributed by atoms with Crippen LogP contribution in [0.1, 0.15) is 5.56 Å². The first kappa shape index (κ1) is 13.2. The summed E-state index contributed by atoms with van der Waals surface area (Å²) in [7, 11) is 0. The minimum Gasteiger partial charge on any atom is -0.476 e. The molecule has 86 valence electrons. The fourth-order valence-corrected chi connectivity index (χ4v) is 1.77. The summed E-state index contributed by atoms with van der Waals surface area (Å²) < 4.78 is 26.0. The molecule has 0 bridgehead atoms. The lowest BCUT2D eigenvalue weighted by Crippen LogP contribution is -1.95. The molecule has 0 heterocycles. The first-order valence-electron chi connectivity index (χ1n) is 3.78. The van der Waals surface area contributed by atoms with Crippen molar-refractivity contribution in [3.63, 3.8) is 0 Å². The van der Waals surface area contributed by atoms with E-state index in [9.17, 15) is 13.6 Å². The summed E-state index contributed by atoms with van der Waals surface area (Å²) in [6, 6.07) is 1.01. The molecule has 0 fully saturated rings. The molecule has 0 unspecified atom stereocenters. The normalized spacial score (nSPS) is 11.7. The number of aliphatic carboxylic acids is 1. The monoisotopic (exact) mass is 286 g/mol. The van der Waals surface area contributed by atoms with E-state index in [-0.39, 0.29) is 15.6 Å². The molecule has 1 aromatic rings. The molecule has 0 spiro atoms. The Morgan fingerprint density at radius 3 is 2.38 bits per heavy atom. The van der Waals surface area contributed by atoms with Gasteiger partial charge in [0, 0.05) is 5.56 Å². The van der Waals surface area contributed by atoms with E-state index in [1.807, 2.05) is 0 Å². The quantitative estimate of drug-likeness (QED) is 0.503. The van der Waals surface area contributed by atoms with Crippen molar-refractivity contribution in [2.24, 2.45) is 0 Å². The average Bonchev–Trinajstić information content (AvgIpc) is 2.20. The second-order valence-corrected chi connectivity index (χ2v) is 3.87. The molecule has 0 amide bonds. The third-order valence-electron chi connectivity index (χ3n) is 1.62. The highest BCUT2D eigenvalue weighted by Crippen LogP contribution is 2.34. The molecule has 7 heteroatoms. The molecule has 1 aromatic carbocycles. The Kier molecular flexibility index (Phi) is 4.13. The van der Waals surface area contributed by atoms with E-state index < -0.39 is 22.6 Å². The van der Waals surface area contributed by atoms with Crippen molar-refractivity contribution in [1.82, 2.24) is 0 Å². The van der Waals surface area contributed by atoms with Crippen LogP contribution in [0.3, 0.4) is 0 Å². The van der Waals surface area contributed by atoms with Gasteiger partial charge in [-0.05, 0) is 12.1 Å². The number of hydrogen-bond acceptors (Lipinski definition) is 1. The highest BCUT2D eigenvalue weighted by atomic mass is 35.5. The number of benzene rings is 1. The number of carboxylic acid groups (broad SMARTS) is 1. The van der Waals surface area contributed by atoms with Crippen molar-refractivity contribution in [3.8, 4) is 0 Å². The minimum absolute atomic E-state index is 0.146. The highest BCUT2D eigenvalue weighted by molar-refractivity contribution is 6.40. The molecule has 0 aliphatic heterocycles. The molecule has 0 aromatic heterocycles. The van der Waals surface area contributed by atoms with Crippen molar-refractivity contribution in [1.29, 1.82) is 0 Å². The Bertz CT molecular complexity index is 486. The number of halogens is 5. The molecule has 0 saturated heterocycles. The summed E-state index contributed by atoms with van der Waals surface area (Å²) >= 11 is 16.5. The van der Waals surface area contributed by atoms with Gasteiger partial charge in [0.05, 0.1) is 15.1 Å². The molecular formula is C9H3Cl3F2O2. The zero-order chi connectivity index (χ0) is 12.5. The summed E-state index contributed by atoms with van der Waals surface area (Å²) in [5, 5.41) is 7.29. The molecule has 16 heavy (non-hydrogen) atoms. The van der Waals surface area contributed by atoms with Gasteiger partial charge < -0.3 is 5.11 Å². The van der Waals surface area contributed by atoms with Crippen LogP contribution in [0.25, 0.3) is 6.08 Å². The fourth-order valence-electron chi connectivity index (χ4n) is 0.901. The van der Waals surface area contributed by atoms with Crippen LogP contribution in [0.5, 0.6) is 0 Å². The van der Waals surface area contributed by atoms with E-state index in [0.29, 0.717) is 6.08 Å². The largest absolute Gasteiger partial charge is 0.476 e. The number of hydrogen-bond donors (Lipinski definition) is 1. The summed E-state index contributed by atoms with van der Waals surface area (Å²) in [4.78, 5) is 10.2. The summed E-state index contributed by atoms with van der Waals surface area (Å²) in [5.41, 5.74) is -0.273. The van der Waals surface area contributed by atoms with Gasteiger partial charge in [-0.25, -0.2) is 9.18 Å². The van der Waals surface area contributed by atoms with Crippen LogP contribution < -0.4 is 0 Å². The van der Waals surface area contributed by atoms with Gasteiger partial charge in [0.2, 0.25) is 5.83 Å². The SMILES string of the molecule is O=C(O)C(F)=Cc1c(Cl)cc(Cl)c(F)c1Cl. The Hall–Kier alpha value is -0.840. The predicted octanol–water partition coefficient (Wildman–Crippen LogP) is 4.18. The maximum absolute atomic E-state index is 13.2. The third-order valence-corrected chi connectivity index (χ3v) is 2.58. The van der Waals surface area contributed by atoms with E-state index in [1.165, 1.54) is 0 Å². The topological polar surface area (TPSA) is 37.3 Å². The molecule has 0 aliphatic carbocycles. The minimum atomic E-state index is -1.80. The second-order valence-electron chi connectivity index (χ2n) is 2.68. The second kappa shape index (κ2) is 4.99. The van der Waals surface area contributed by atoms with E-state index in [0.717, 1.165) is 6.07 Å². The van der Waals surface area contributed by atoms with Gasteiger partial charge in [0.1, 0.15) is 0 Å². The Labute approximate surface area is 104 Å². The molecule has 0 aliphatic rings. The van der Waals surface area contributed by atoms with Gasteiger partial charge in [0.25, 0.3) is 0 Å². The van der Waals surface area contributed by atoms with Crippen LogP contribution >= 0.6 is 34.8 Å². The maximum Gasteiger partial charge on any atom is 0.364 e. The van der Waals surface area contributed by atoms with Crippen molar-refractivity contribution in [3.05, 3.63) is 38.3 Å². The average molecular weight is 287 g/mol. The molecule has 2 nitrogen and oxygen atoms in total. The number of carbonyl (C=O) groups is 1. The van der Waals surface area contributed by atoms with Crippen LogP contribution in [0.2, 0.25) is 15.1 Å². The van der Waals surface area contributed by atoms with Crippen molar-refractivity contribution in [2.75, 3.05) is 0 Å². The number of carboxylic acids is 1. The van der Waals surface area contributed by atoms with E-state index in [1.54, 1.807) is 0 Å². The Balaban J connectivity index is 3.41. The Morgan fingerprint density at radius 1 is 1.31 bits per heavy atom. The van der Waals surface area contributed by atoms with Gasteiger partial charge >= 0.3 is 5.97 Å². The predicted molar refractivity (Wildman–Crippen MR) is 58.2 cm³/mol. The first-order chi connectivity index (χ1) is 7.34. The lowest BCUT2D eigenvalue weighted by molar-refractivity contribution is -0.134. The van der Waals surface area contributed by atoms with Crippen molar-refractivity contribution >= 4 is 46.8 Å². The summed E-state index contributed by atoms with van der Waals surface area (Å²) in [5.74, 6) is -4.30. The fraction of sp³-hybridized carbons (Fsp3) is 0. The number of rotatable bonds is 2. The van der Waals surface area contributed by atoms with Crippen LogP contribution in [0.15, 0.2) is 11.9 Å². The third kappa shape index (κ3) is 2.64. The molecule has 0 atom stereocenters. The molecule has 1 rings (SSSR count). The lowest BCUT2D eigenvalue weighted by Gasteiger charge is -2.04. The van der Waals surface area contributed by atoms with Gasteiger partial charge in [-0.2, -0.15) is 4.39 Å². The zero-order valence-corrected chi connectivity index (χ0v) is 9.67. The van der Waals surface area contributed by atoms with Gasteiger partial charge in [0.15, 0.2) is 5.82 Å². The van der Waals surface area contributed by atoms with E-state index in [4.69, 9.17) is 39.9 Å². The van der Waals surface area contributed by atoms with E-state index in [2.05, 4.69) is 0 Å². The lowest BCUT2D eigenvalue weighted by atomic mass is 10.2. The van der Waals surface area contributed by atoms with Crippen LogP contribution in [0.4, 0.5) is 8.78 Å². The van der Waals surface area contributed by atoms with Crippen LogP contribution in [0, 0.1) is 5.82 Å². The molecular weight excluding hydrogens is 284 g/mol. The van der Waals surface area contributed by atoms with Gasteiger partial charge in [-0.1, -0.05) is 34.8 Å². The smallest absolute Gasteiger partial charge is 0.364 e. The van der Waals surface area contributed by atoms with Crippen molar-refractivity contribution < 1.29 is 18.7 Å². The molecule has 0 radical (unpaired) electrons. The first-order valence-corrected chi connectivity index (χ1v) is 4.91. The molecule has 0 saturated carbocycles. The highest BCUT2D eigenvalue weighted by Gasteiger charge is 2.16. The molecule has 1 N–H and O–H groups in total. The zero-order valence-electron chi connectivity index (χ0n) is 7.40. The van der Waals surface area contributed by atoms with Crippen molar-refractivity contribution in [2.45, 2.75) is 0 Å². The van der Waals surface area contributed by atoms with Gasteiger partial charge in [-0.15, -0.1) is 0 Å². The summed E-state index contributed by atoms with van der Waals surface area (Å²) in [6.07, 6.45) is 0.520.